The number of carbonyl (C=O) groups is 1. The van der Waals surface area contributed by atoms with Gasteiger partial charge in [-0.25, -0.2) is 9.78 Å². The monoisotopic (exact) mass is 270 g/mol. The van der Waals surface area contributed by atoms with Crippen LogP contribution in [0.15, 0.2) is 23.3 Å². The van der Waals surface area contributed by atoms with Crippen molar-refractivity contribution in [2.75, 3.05) is 11.9 Å². The minimum atomic E-state index is -0.983. The van der Waals surface area contributed by atoms with Crippen LogP contribution in [-0.2, 0) is 0 Å². The minimum absolute atomic E-state index is 0.200. The molecule has 1 aromatic rings. The topological polar surface area (TPSA) is 62.2 Å². The van der Waals surface area contributed by atoms with Gasteiger partial charge in [-0.2, -0.15) is 0 Å². The van der Waals surface area contributed by atoms with Gasteiger partial charge < -0.3 is 10.4 Å². The van der Waals surface area contributed by atoms with Gasteiger partial charge in [0.15, 0.2) is 0 Å². The van der Waals surface area contributed by atoms with E-state index in [2.05, 4.69) is 32.8 Å². The number of pyridine rings is 1. The first-order chi connectivity index (χ1) is 7.02. The van der Waals surface area contributed by atoms with Crippen molar-refractivity contribution in [2.45, 2.75) is 6.92 Å². The molecule has 1 rings (SSSR count). The lowest BCUT2D eigenvalue weighted by molar-refractivity contribution is 0.0697. The molecular weight excluding hydrogens is 260 g/mol. The molecule has 0 radical (unpaired) electrons. The average Bonchev–Trinajstić information content (AvgIpc) is 2.13. The Hall–Kier alpha value is -1.36. The van der Waals surface area contributed by atoms with Crippen LogP contribution in [0.3, 0.4) is 0 Å². The van der Waals surface area contributed by atoms with Crippen LogP contribution in [-0.4, -0.2) is 22.6 Å². The molecule has 5 heteroatoms. The number of halogens is 1. The first-order valence-corrected chi connectivity index (χ1v) is 5.07. The van der Waals surface area contributed by atoms with E-state index in [-0.39, 0.29) is 5.56 Å². The standard InChI is InChI=1S/C10H11BrN2O2/c1-6-3-4-12-9(8(6)10(14)15)13-5-7(2)11/h3-4H,2,5H2,1H3,(H,12,13)(H,14,15). The maximum absolute atomic E-state index is 11.0. The van der Waals surface area contributed by atoms with Gasteiger partial charge in [0, 0.05) is 17.2 Å². The molecule has 0 amide bonds. The zero-order valence-corrected chi connectivity index (χ0v) is 9.84. The van der Waals surface area contributed by atoms with Crippen molar-refractivity contribution in [3.05, 3.63) is 34.5 Å². The Bertz CT molecular complexity index is 404. The van der Waals surface area contributed by atoms with Gasteiger partial charge in [-0.1, -0.05) is 22.5 Å². The molecule has 0 aliphatic rings. The van der Waals surface area contributed by atoms with Crippen molar-refractivity contribution in [2.24, 2.45) is 0 Å². The van der Waals surface area contributed by atoms with Crippen LogP contribution in [0.1, 0.15) is 15.9 Å². The van der Waals surface area contributed by atoms with Crippen LogP contribution in [0.5, 0.6) is 0 Å². The largest absolute Gasteiger partial charge is 0.478 e. The molecule has 80 valence electrons. The summed E-state index contributed by atoms with van der Waals surface area (Å²) in [7, 11) is 0. The van der Waals surface area contributed by atoms with E-state index in [1.807, 2.05) is 0 Å². The van der Waals surface area contributed by atoms with E-state index < -0.39 is 5.97 Å². The number of hydrogen-bond acceptors (Lipinski definition) is 3. The van der Waals surface area contributed by atoms with Gasteiger partial charge in [0.05, 0.1) is 0 Å². The van der Waals surface area contributed by atoms with Crippen molar-refractivity contribution < 1.29 is 9.90 Å². The molecule has 0 spiro atoms. The summed E-state index contributed by atoms with van der Waals surface area (Å²) in [4.78, 5) is 15.0. The predicted molar refractivity (Wildman–Crippen MR) is 62.5 cm³/mol. The van der Waals surface area contributed by atoms with E-state index in [0.717, 1.165) is 4.48 Å². The summed E-state index contributed by atoms with van der Waals surface area (Å²) < 4.78 is 0.738. The lowest BCUT2D eigenvalue weighted by Crippen LogP contribution is -2.10. The summed E-state index contributed by atoms with van der Waals surface area (Å²) in [5.41, 5.74) is 0.881. The number of aryl methyl sites for hydroxylation is 1. The molecule has 0 aromatic carbocycles. The number of carboxylic acids is 1. The van der Waals surface area contributed by atoms with Crippen LogP contribution in [0.4, 0.5) is 5.82 Å². The number of carboxylic acid groups (broad SMARTS) is 1. The summed E-state index contributed by atoms with van der Waals surface area (Å²) in [5, 5.41) is 11.9. The van der Waals surface area contributed by atoms with Gasteiger partial charge in [0.1, 0.15) is 11.4 Å². The van der Waals surface area contributed by atoms with Gasteiger partial charge >= 0.3 is 5.97 Å². The fraction of sp³-hybridized carbons (Fsp3) is 0.200. The number of hydrogen-bond donors (Lipinski definition) is 2. The third kappa shape index (κ3) is 3.06. The Kier molecular flexibility index (Phi) is 3.85. The Morgan fingerprint density at radius 1 is 1.73 bits per heavy atom. The van der Waals surface area contributed by atoms with Crippen molar-refractivity contribution >= 4 is 27.7 Å². The molecule has 1 heterocycles. The highest BCUT2D eigenvalue weighted by Crippen LogP contribution is 2.17. The molecule has 0 aliphatic carbocycles. The zero-order chi connectivity index (χ0) is 11.4. The van der Waals surface area contributed by atoms with Gasteiger partial charge in [-0.05, 0) is 18.6 Å². The third-order valence-electron chi connectivity index (χ3n) is 1.82. The Labute approximate surface area is 96.2 Å². The van der Waals surface area contributed by atoms with Crippen molar-refractivity contribution in [3.8, 4) is 0 Å². The molecule has 15 heavy (non-hydrogen) atoms. The van der Waals surface area contributed by atoms with E-state index in [1.165, 1.54) is 0 Å². The van der Waals surface area contributed by atoms with Crippen LogP contribution >= 0.6 is 15.9 Å². The highest BCUT2D eigenvalue weighted by atomic mass is 79.9. The highest BCUT2D eigenvalue weighted by molar-refractivity contribution is 9.11. The second-order valence-corrected chi connectivity index (χ2v) is 4.15. The van der Waals surface area contributed by atoms with Crippen molar-refractivity contribution in [1.29, 1.82) is 0 Å². The summed E-state index contributed by atoms with van der Waals surface area (Å²) in [6.45, 7) is 5.82. The van der Waals surface area contributed by atoms with Crippen molar-refractivity contribution in [3.63, 3.8) is 0 Å². The number of rotatable bonds is 4. The van der Waals surface area contributed by atoms with Gasteiger partial charge in [0.25, 0.3) is 0 Å². The zero-order valence-electron chi connectivity index (χ0n) is 8.25. The number of nitrogens with one attached hydrogen (secondary N) is 1. The lowest BCUT2D eigenvalue weighted by atomic mass is 10.1. The van der Waals surface area contributed by atoms with Gasteiger partial charge in [-0.3, -0.25) is 0 Å². The first kappa shape index (κ1) is 11.7. The fourth-order valence-electron chi connectivity index (χ4n) is 1.14. The molecule has 0 unspecified atom stereocenters. The second-order valence-electron chi connectivity index (χ2n) is 3.03. The summed E-state index contributed by atoms with van der Waals surface area (Å²) in [6.07, 6.45) is 1.57. The molecule has 0 aliphatic heterocycles. The van der Waals surface area contributed by atoms with Crippen LogP contribution in [0, 0.1) is 6.92 Å². The fourth-order valence-corrected chi connectivity index (χ4v) is 1.28. The smallest absolute Gasteiger partial charge is 0.339 e. The molecule has 0 saturated heterocycles. The Balaban J connectivity index is 3.01. The molecule has 0 saturated carbocycles. The molecule has 1 aromatic heterocycles. The maximum atomic E-state index is 11.0. The van der Waals surface area contributed by atoms with Crippen LogP contribution in [0.25, 0.3) is 0 Å². The van der Waals surface area contributed by atoms with E-state index >= 15 is 0 Å². The summed E-state index contributed by atoms with van der Waals surface area (Å²) in [5.74, 6) is -0.619. The Morgan fingerprint density at radius 2 is 2.40 bits per heavy atom. The van der Waals surface area contributed by atoms with E-state index in [4.69, 9.17) is 5.11 Å². The maximum Gasteiger partial charge on any atom is 0.339 e. The number of aromatic nitrogens is 1. The number of anilines is 1. The van der Waals surface area contributed by atoms with E-state index in [9.17, 15) is 4.79 Å². The van der Waals surface area contributed by atoms with E-state index in [0.29, 0.717) is 17.9 Å². The molecule has 0 bridgehead atoms. The van der Waals surface area contributed by atoms with Crippen LogP contribution < -0.4 is 5.32 Å². The van der Waals surface area contributed by atoms with Crippen LogP contribution in [0.2, 0.25) is 0 Å². The SMILES string of the molecule is C=C(Br)CNc1nccc(C)c1C(=O)O. The molecule has 2 N–H and O–H groups in total. The van der Waals surface area contributed by atoms with Crippen molar-refractivity contribution in [1.82, 2.24) is 4.98 Å². The minimum Gasteiger partial charge on any atom is -0.478 e. The molecular formula is C10H11BrN2O2. The lowest BCUT2D eigenvalue weighted by Gasteiger charge is -2.09. The third-order valence-corrected chi connectivity index (χ3v) is 2.10. The normalized spacial score (nSPS) is 9.73. The van der Waals surface area contributed by atoms with E-state index in [1.54, 1.807) is 19.2 Å². The molecule has 0 atom stereocenters. The molecule has 0 fully saturated rings. The second kappa shape index (κ2) is 4.93. The highest BCUT2D eigenvalue weighted by Gasteiger charge is 2.13. The van der Waals surface area contributed by atoms with Gasteiger partial charge in [0.2, 0.25) is 0 Å². The summed E-state index contributed by atoms with van der Waals surface area (Å²) >= 11 is 3.18. The summed E-state index contributed by atoms with van der Waals surface area (Å²) in [6, 6.07) is 1.66. The first-order valence-electron chi connectivity index (χ1n) is 4.28. The predicted octanol–water partition coefficient (Wildman–Crippen LogP) is 2.41. The van der Waals surface area contributed by atoms with Gasteiger partial charge in [-0.15, -0.1) is 0 Å². The Morgan fingerprint density at radius 3 is 2.93 bits per heavy atom. The quantitative estimate of drug-likeness (QED) is 0.882. The number of nitrogens with zero attached hydrogens (tertiary/aromatic N) is 1. The molecule has 4 nitrogen and oxygen atoms in total. The number of aromatic carboxylic acids is 1. The average molecular weight is 271 g/mol.